The van der Waals surface area contributed by atoms with Crippen LogP contribution in [0.2, 0.25) is 0 Å². The van der Waals surface area contributed by atoms with Crippen LogP contribution in [0.1, 0.15) is 30.6 Å². The Kier molecular flexibility index (Phi) is 3.99. The minimum Gasteiger partial charge on any atom is -0.492 e. The van der Waals surface area contributed by atoms with Crippen molar-refractivity contribution in [2.75, 3.05) is 6.61 Å². The van der Waals surface area contributed by atoms with Gasteiger partial charge in [0.05, 0.1) is 17.1 Å². The van der Waals surface area contributed by atoms with Crippen LogP contribution < -0.4 is 4.74 Å². The molecule has 1 aromatic carbocycles. The van der Waals surface area contributed by atoms with Crippen molar-refractivity contribution in [1.82, 2.24) is 0 Å². The van der Waals surface area contributed by atoms with Crippen LogP contribution >= 0.6 is 0 Å². The van der Waals surface area contributed by atoms with Gasteiger partial charge in [0.1, 0.15) is 5.75 Å². The number of benzene rings is 1. The SMILES string of the molecule is CC.O=C1CCOc2ccc([N+](=O)[O-])cc21. The van der Waals surface area contributed by atoms with Gasteiger partial charge in [-0.2, -0.15) is 0 Å². The third-order valence-corrected chi connectivity index (χ3v) is 2.06. The summed E-state index contributed by atoms with van der Waals surface area (Å²) in [5.74, 6) is 0.335. The number of nitro groups is 1. The molecule has 0 aromatic heterocycles. The number of nitro benzene ring substituents is 1. The quantitative estimate of drug-likeness (QED) is 0.542. The lowest BCUT2D eigenvalue weighted by molar-refractivity contribution is -0.384. The van der Waals surface area contributed by atoms with E-state index in [1.807, 2.05) is 13.8 Å². The molecule has 5 nitrogen and oxygen atoms in total. The number of nitrogens with zero attached hydrogens (tertiary/aromatic N) is 1. The van der Waals surface area contributed by atoms with E-state index in [4.69, 9.17) is 4.74 Å². The Balaban J connectivity index is 0.000000606. The van der Waals surface area contributed by atoms with E-state index in [-0.39, 0.29) is 17.9 Å². The first kappa shape index (κ1) is 12.2. The summed E-state index contributed by atoms with van der Waals surface area (Å²) in [5, 5.41) is 10.4. The summed E-state index contributed by atoms with van der Waals surface area (Å²) in [5.41, 5.74) is 0.230. The summed E-state index contributed by atoms with van der Waals surface area (Å²) < 4.78 is 5.19. The highest BCUT2D eigenvalue weighted by Gasteiger charge is 2.21. The second-order valence-electron chi connectivity index (χ2n) is 2.96. The van der Waals surface area contributed by atoms with Crippen LogP contribution in [0.25, 0.3) is 0 Å². The largest absolute Gasteiger partial charge is 0.492 e. The molecule has 86 valence electrons. The molecule has 1 aliphatic rings. The van der Waals surface area contributed by atoms with Crippen LogP contribution in [-0.4, -0.2) is 17.3 Å². The molecule has 0 saturated heterocycles. The van der Waals surface area contributed by atoms with Crippen molar-refractivity contribution in [2.45, 2.75) is 20.3 Å². The smallest absolute Gasteiger partial charge is 0.270 e. The molecule has 0 N–H and O–H groups in total. The molecule has 0 unspecified atom stereocenters. The van der Waals surface area contributed by atoms with Gasteiger partial charge in [0.2, 0.25) is 0 Å². The summed E-state index contributed by atoms with van der Waals surface area (Å²) >= 11 is 0. The molecule has 0 radical (unpaired) electrons. The Morgan fingerprint density at radius 1 is 1.38 bits per heavy atom. The van der Waals surface area contributed by atoms with Gasteiger partial charge in [0, 0.05) is 18.6 Å². The standard InChI is InChI=1S/C9H7NO4.C2H6/c11-8-3-4-14-9-2-1-6(10(12)13)5-7(8)9;1-2/h1-2,5H,3-4H2;1-2H3. The van der Waals surface area contributed by atoms with E-state index < -0.39 is 4.92 Å². The first-order valence-corrected chi connectivity index (χ1v) is 5.13. The number of hydrogen-bond donors (Lipinski definition) is 0. The van der Waals surface area contributed by atoms with E-state index in [1.165, 1.54) is 18.2 Å². The predicted molar refractivity (Wildman–Crippen MR) is 58.9 cm³/mol. The first-order valence-electron chi connectivity index (χ1n) is 5.13. The van der Waals surface area contributed by atoms with Crippen LogP contribution in [-0.2, 0) is 0 Å². The van der Waals surface area contributed by atoms with E-state index >= 15 is 0 Å². The molecular weight excluding hydrogens is 210 g/mol. The Morgan fingerprint density at radius 2 is 2.06 bits per heavy atom. The molecule has 2 rings (SSSR count). The highest BCUT2D eigenvalue weighted by molar-refractivity contribution is 6.00. The Morgan fingerprint density at radius 3 is 2.69 bits per heavy atom. The zero-order valence-electron chi connectivity index (χ0n) is 9.23. The van der Waals surface area contributed by atoms with Crippen molar-refractivity contribution in [3.63, 3.8) is 0 Å². The van der Waals surface area contributed by atoms with Gasteiger partial charge in [-0.15, -0.1) is 0 Å². The number of ketones is 1. The van der Waals surface area contributed by atoms with Crippen molar-refractivity contribution in [1.29, 1.82) is 0 Å². The summed E-state index contributed by atoms with van der Waals surface area (Å²) in [4.78, 5) is 21.3. The third kappa shape index (κ3) is 2.36. The molecule has 1 heterocycles. The first-order chi connectivity index (χ1) is 7.68. The number of ether oxygens (including phenoxy) is 1. The van der Waals surface area contributed by atoms with Crippen molar-refractivity contribution in [2.24, 2.45) is 0 Å². The van der Waals surface area contributed by atoms with Gasteiger partial charge in [0.15, 0.2) is 5.78 Å². The fourth-order valence-corrected chi connectivity index (χ4v) is 1.36. The lowest BCUT2D eigenvalue weighted by Gasteiger charge is -2.15. The number of fused-ring (bicyclic) bond motifs is 1. The minimum absolute atomic E-state index is 0.0809. The monoisotopic (exact) mass is 223 g/mol. The Labute approximate surface area is 93.2 Å². The fraction of sp³-hybridized carbons (Fsp3) is 0.364. The van der Waals surface area contributed by atoms with E-state index in [1.54, 1.807) is 0 Å². The van der Waals surface area contributed by atoms with Crippen molar-refractivity contribution in [3.05, 3.63) is 33.9 Å². The number of carbonyl (C=O) groups excluding carboxylic acids is 1. The predicted octanol–water partition coefficient (Wildman–Crippen LogP) is 2.59. The van der Waals surface area contributed by atoms with Gasteiger partial charge in [-0.25, -0.2) is 0 Å². The summed E-state index contributed by atoms with van der Waals surface area (Å²) in [6.07, 6.45) is 0.286. The minimum atomic E-state index is -0.526. The van der Waals surface area contributed by atoms with Gasteiger partial charge in [-0.3, -0.25) is 14.9 Å². The van der Waals surface area contributed by atoms with Crippen molar-refractivity contribution >= 4 is 11.5 Å². The van der Waals surface area contributed by atoms with Gasteiger partial charge < -0.3 is 4.74 Å². The molecule has 0 saturated carbocycles. The van der Waals surface area contributed by atoms with E-state index in [9.17, 15) is 14.9 Å². The molecule has 16 heavy (non-hydrogen) atoms. The van der Waals surface area contributed by atoms with Gasteiger partial charge in [-0.05, 0) is 6.07 Å². The maximum absolute atomic E-state index is 11.4. The van der Waals surface area contributed by atoms with E-state index in [0.29, 0.717) is 17.9 Å². The Hall–Kier alpha value is -1.91. The number of carbonyl (C=O) groups is 1. The molecule has 0 amide bonds. The lowest BCUT2D eigenvalue weighted by atomic mass is 10.0. The lowest BCUT2D eigenvalue weighted by Crippen LogP contribution is -2.15. The normalized spacial score (nSPS) is 13.0. The Bertz CT molecular complexity index is 414. The average molecular weight is 223 g/mol. The zero-order chi connectivity index (χ0) is 12.1. The summed E-state index contributed by atoms with van der Waals surface area (Å²) in [7, 11) is 0. The van der Waals surface area contributed by atoms with Gasteiger partial charge in [0.25, 0.3) is 5.69 Å². The molecule has 0 fully saturated rings. The molecule has 0 bridgehead atoms. The van der Waals surface area contributed by atoms with Crippen LogP contribution in [0.5, 0.6) is 5.75 Å². The van der Waals surface area contributed by atoms with Crippen molar-refractivity contribution < 1.29 is 14.5 Å². The molecule has 5 heteroatoms. The number of non-ortho nitro benzene ring substituents is 1. The van der Waals surface area contributed by atoms with E-state index in [2.05, 4.69) is 0 Å². The topological polar surface area (TPSA) is 69.4 Å². The molecular formula is C11H13NO4. The van der Waals surface area contributed by atoms with Crippen molar-refractivity contribution in [3.8, 4) is 5.75 Å². The zero-order valence-corrected chi connectivity index (χ0v) is 9.23. The number of rotatable bonds is 1. The van der Waals surface area contributed by atoms with Gasteiger partial charge in [-0.1, -0.05) is 13.8 Å². The van der Waals surface area contributed by atoms with Crippen LogP contribution in [0.3, 0.4) is 0 Å². The molecule has 1 aliphatic heterocycles. The average Bonchev–Trinajstić information content (AvgIpc) is 2.32. The molecule has 0 atom stereocenters. The van der Waals surface area contributed by atoms with Gasteiger partial charge >= 0.3 is 0 Å². The fourth-order valence-electron chi connectivity index (χ4n) is 1.36. The molecule has 0 aliphatic carbocycles. The highest BCUT2D eigenvalue weighted by atomic mass is 16.6. The highest BCUT2D eigenvalue weighted by Crippen LogP contribution is 2.28. The maximum Gasteiger partial charge on any atom is 0.270 e. The number of Topliss-reactive ketones (excluding diaryl/α,β-unsaturated/α-hetero) is 1. The van der Waals surface area contributed by atoms with Crippen LogP contribution in [0, 0.1) is 10.1 Å². The van der Waals surface area contributed by atoms with Crippen LogP contribution in [0.15, 0.2) is 18.2 Å². The number of hydrogen-bond acceptors (Lipinski definition) is 4. The second-order valence-corrected chi connectivity index (χ2v) is 2.96. The summed E-state index contributed by atoms with van der Waals surface area (Å²) in [6.45, 7) is 4.35. The molecule has 0 spiro atoms. The van der Waals surface area contributed by atoms with Crippen LogP contribution in [0.4, 0.5) is 5.69 Å². The van der Waals surface area contributed by atoms with E-state index in [0.717, 1.165) is 0 Å². The molecule has 1 aromatic rings. The third-order valence-electron chi connectivity index (χ3n) is 2.06. The maximum atomic E-state index is 11.4. The summed E-state index contributed by atoms with van der Waals surface area (Å²) in [6, 6.07) is 4.05. The second kappa shape index (κ2) is 5.25.